The standard InChI is InChI=1S/C19H22FN5OS/c1-3-4-9-23-19-24-16(11-5-7-12(20)8-6-11)14-15(21)17(13(26)10-22-2)27-18(14)25-19/h5-8,22H,3-4,9-10,21H2,1-2H3,(H,23,24,25). The average Bonchev–Trinajstić information content (AvgIpc) is 2.99. The first-order valence-corrected chi connectivity index (χ1v) is 9.64. The number of nitrogen functional groups attached to an aromatic ring is 1. The number of unbranched alkanes of at least 4 members (excludes halogenated alkanes) is 1. The fraction of sp³-hybridized carbons (Fsp3) is 0.316. The van der Waals surface area contributed by atoms with Crippen LogP contribution in [-0.2, 0) is 0 Å². The van der Waals surface area contributed by atoms with Crippen molar-refractivity contribution in [1.82, 2.24) is 15.3 Å². The van der Waals surface area contributed by atoms with E-state index in [1.165, 1.54) is 23.5 Å². The van der Waals surface area contributed by atoms with Crippen molar-refractivity contribution in [3.63, 3.8) is 0 Å². The summed E-state index contributed by atoms with van der Waals surface area (Å²) < 4.78 is 13.4. The molecule has 0 aliphatic rings. The molecule has 3 aromatic rings. The lowest BCUT2D eigenvalue weighted by molar-refractivity contribution is 0.0998. The molecule has 3 rings (SSSR count). The van der Waals surface area contributed by atoms with Gasteiger partial charge in [0.15, 0.2) is 5.78 Å². The first-order valence-electron chi connectivity index (χ1n) is 8.82. The number of anilines is 2. The predicted molar refractivity (Wildman–Crippen MR) is 109 cm³/mol. The van der Waals surface area contributed by atoms with E-state index in [1.54, 1.807) is 19.2 Å². The van der Waals surface area contributed by atoms with Crippen LogP contribution < -0.4 is 16.4 Å². The molecule has 1 aromatic carbocycles. The van der Waals surface area contributed by atoms with Gasteiger partial charge in [0.05, 0.1) is 28.2 Å². The zero-order valence-corrected chi connectivity index (χ0v) is 16.1. The van der Waals surface area contributed by atoms with Crippen LogP contribution in [0.2, 0.25) is 0 Å². The number of thiophene rings is 1. The molecule has 27 heavy (non-hydrogen) atoms. The minimum Gasteiger partial charge on any atom is -0.397 e. The Bertz CT molecular complexity index is 955. The van der Waals surface area contributed by atoms with Crippen molar-refractivity contribution in [2.24, 2.45) is 0 Å². The first kappa shape index (κ1) is 19.2. The molecule has 4 N–H and O–H groups in total. The number of nitrogens with two attached hydrogens (primary N) is 1. The van der Waals surface area contributed by atoms with E-state index in [0.717, 1.165) is 24.9 Å². The summed E-state index contributed by atoms with van der Waals surface area (Å²) in [5.41, 5.74) is 7.98. The number of hydrogen-bond donors (Lipinski definition) is 3. The number of ketones is 1. The maximum absolute atomic E-state index is 13.4. The molecule has 0 fully saturated rings. The Labute approximate surface area is 161 Å². The predicted octanol–water partition coefficient (Wildman–Crippen LogP) is 3.69. The second kappa shape index (κ2) is 8.41. The zero-order chi connectivity index (χ0) is 19.4. The van der Waals surface area contributed by atoms with Crippen LogP contribution in [0.5, 0.6) is 0 Å². The molecule has 0 amide bonds. The molecule has 6 nitrogen and oxygen atoms in total. The van der Waals surface area contributed by atoms with Gasteiger partial charge in [-0.2, -0.15) is 0 Å². The van der Waals surface area contributed by atoms with Crippen LogP contribution in [0.15, 0.2) is 24.3 Å². The van der Waals surface area contributed by atoms with E-state index < -0.39 is 0 Å². The second-order valence-corrected chi connectivity index (χ2v) is 7.16. The normalized spacial score (nSPS) is 11.1. The Morgan fingerprint density at radius 1 is 1.26 bits per heavy atom. The van der Waals surface area contributed by atoms with E-state index >= 15 is 0 Å². The van der Waals surface area contributed by atoms with Gasteiger partial charge in [0.2, 0.25) is 5.95 Å². The van der Waals surface area contributed by atoms with Gasteiger partial charge in [-0.3, -0.25) is 4.79 Å². The summed E-state index contributed by atoms with van der Waals surface area (Å²) in [6, 6.07) is 6.06. The van der Waals surface area contributed by atoms with E-state index in [4.69, 9.17) is 5.73 Å². The van der Waals surface area contributed by atoms with Crippen molar-refractivity contribution >= 4 is 39.0 Å². The molecule has 0 aliphatic carbocycles. The number of nitrogens with zero attached hydrogens (tertiary/aromatic N) is 2. The maximum atomic E-state index is 13.4. The molecule has 0 saturated carbocycles. The Hall–Kier alpha value is -2.58. The van der Waals surface area contributed by atoms with E-state index in [2.05, 4.69) is 27.5 Å². The number of hydrogen-bond acceptors (Lipinski definition) is 7. The highest BCUT2D eigenvalue weighted by Gasteiger charge is 2.21. The monoisotopic (exact) mass is 387 g/mol. The molecular formula is C19H22FN5OS. The minimum atomic E-state index is -0.325. The largest absolute Gasteiger partial charge is 0.397 e. The Kier molecular flexibility index (Phi) is 5.98. The summed E-state index contributed by atoms with van der Waals surface area (Å²) >= 11 is 1.26. The number of fused-ring (bicyclic) bond motifs is 1. The van der Waals surface area contributed by atoms with Crippen molar-refractivity contribution < 1.29 is 9.18 Å². The van der Waals surface area contributed by atoms with Gasteiger partial charge in [-0.15, -0.1) is 11.3 Å². The fourth-order valence-electron chi connectivity index (χ4n) is 2.74. The number of likely N-dealkylation sites (N-methyl/N-ethyl adjacent to an activating group) is 1. The second-order valence-electron chi connectivity index (χ2n) is 6.16. The molecule has 8 heteroatoms. The van der Waals surface area contributed by atoms with Crippen molar-refractivity contribution in [2.75, 3.05) is 31.2 Å². The van der Waals surface area contributed by atoms with Gasteiger partial charge in [-0.1, -0.05) is 13.3 Å². The van der Waals surface area contributed by atoms with Gasteiger partial charge in [-0.25, -0.2) is 14.4 Å². The third-order valence-corrected chi connectivity index (χ3v) is 5.25. The molecule has 0 spiro atoms. The molecule has 2 heterocycles. The first-order chi connectivity index (χ1) is 13.0. The highest BCUT2D eigenvalue weighted by molar-refractivity contribution is 7.21. The van der Waals surface area contributed by atoms with Crippen molar-refractivity contribution in [3.05, 3.63) is 35.0 Å². The smallest absolute Gasteiger partial charge is 0.224 e. The van der Waals surface area contributed by atoms with E-state index in [0.29, 0.717) is 32.4 Å². The van der Waals surface area contributed by atoms with Crippen molar-refractivity contribution in [1.29, 1.82) is 0 Å². The highest BCUT2D eigenvalue weighted by atomic mass is 32.1. The van der Waals surface area contributed by atoms with Crippen LogP contribution >= 0.6 is 11.3 Å². The summed E-state index contributed by atoms with van der Waals surface area (Å²) in [4.78, 5) is 22.6. The third-order valence-electron chi connectivity index (χ3n) is 4.11. The van der Waals surface area contributed by atoms with Gasteiger partial charge in [0, 0.05) is 12.1 Å². The summed E-state index contributed by atoms with van der Waals surface area (Å²) in [6.07, 6.45) is 2.04. The molecule has 0 radical (unpaired) electrons. The lowest BCUT2D eigenvalue weighted by Crippen LogP contribution is -2.18. The summed E-state index contributed by atoms with van der Waals surface area (Å²) in [5, 5.41) is 6.69. The van der Waals surface area contributed by atoms with Crippen LogP contribution in [0.25, 0.3) is 21.5 Å². The number of carbonyl (C=O) groups is 1. The fourth-order valence-corrected chi connectivity index (χ4v) is 3.77. The van der Waals surface area contributed by atoms with E-state index in [9.17, 15) is 9.18 Å². The minimum absolute atomic E-state index is 0.0939. The van der Waals surface area contributed by atoms with Gasteiger partial charge < -0.3 is 16.4 Å². The molecule has 0 aliphatic heterocycles. The van der Waals surface area contributed by atoms with Gasteiger partial charge in [-0.05, 0) is 37.7 Å². The van der Waals surface area contributed by atoms with Crippen molar-refractivity contribution in [3.8, 4) is 11.3 Å². The quantitative estimate of drug-likeness (QED) is 0.403. The number of rotatable bonds is 8. The lowest BCUT2D eigenvalue weighted by atomic mass is 10.1. The SMILES string of the molecule is CCCCNc1nc(-c2ccc(F)cc2)c2c(N)c(C(=O)CNC)sc2n1. The van der Waals surface area contributed by atoms with Gasteiger partial charge in [0.1, 0.15) is 10.6 Å². The lowest BCUT2D eigenvalue weighted by Gasteiger charge is -2.09. The highest BCUT2D eigenvalue weighted by Crippen LogP contribution is 2.39. The molecule has 142 valence electrons. The number of halogens is 1. The van der Waals surface area contributed by atoms with Gasteiger partial charge in [0.25, 0.3) is 0 Å². The van der Waals surface area contributed by atoms with Crippen LogP contribution in [0.3, 0.4) is 0 Å². The molecule has 2 aromatic heterocycles. The number of nitrogens with one attached hydrogen (secondary N) is 2. The van der Waals surface area contributed by atoms with Gasteiger partial charge >= 0.3 is 0 Å². The average molecular weight is 387 g/mol. The molecular weight excluding hydrogens is 365 g/mol. The Morgan fingerprint density at radius 3 is 2.67 bits per heavy atom. The van der Waals surface area contributed by atoms with Crippen LogP contribution in [0.1, 0.15) is 29.4 Å². The summed E-state index contributed by atoms with van der Waals surface area (Å²) in [7, 11) is 1.71. The number of benzene rings is 1. The topological polar surface area (TPSA) is 92.9 Å². The number of aromatic nitrogens is 2. The number of Topliss-reactive ketones (excluding diaryl/α,β-unsaturated/α-hetero) is 1. The third kappa shape index (κ3) is 4.06. The van der Waals surface area contributed by atoms with Crippen LogP contribution in [-0.4, -0.2) is 35.9 Å². The zero-order valence-electron chi connectivity index (χ0n) is 15.3. The van der Waals surface area contributed by atoms with Crippen LogP contribution in [0, 0.1) is 5.82 Å². The summed E-state index contributed by atoms with van der Waals surface area (Å²) in [5.74, 6) is 0.0567. The molecule has 0 unspecified atom stereocenters. The number of carbonyl (C=O) groups excluding carboxylic acids is 1. The van der Waals surface area contributed by atoms with Crippen LogP contribution in [0.4, 0.5) is 16.0 Å². The van der Waals surface area contributed by atoms with E-state index in [-0.39, 0.29) is 18.1 Å². The maximum Gasteiger partial charge on any atom is 0.224 e. The van der Waals surface area contributed by atoms with Crippen molar-refractivity contribution in [2.45, 2.75) is 19.8 Å². The Morgan fingerprint density at radius 2 is 2.00 bits per heavy atom. The molecule has 0 atom stereocenters. The molecule has 0 bridgehead atoms. The Balaban J connectivity index is 2.16. The molecule has 0 saturated heterocycles. The summed E-state index contributed by atoms with van der Waals surface area (Å²) in [6.45, 7) is 3.05. The van der Waals surface area contributed by atoms with E-state index in [1.807, 2.05) is 0 Å².